The van der Waals surface area contributed by atoms with E-state index in [0.29, 0.717) is 0 Å². The van der Waals surface area contributed by atoms with E-state index < -0.39 is 0 Å². The van der Waals surface area contributed by atoms with Gasteiger partial charge < -0.3 is 4.74 Å². The molecule has 0 fully saturated rings. The second kappa shape index (κ2) is 15.3. The van der Waals surface area contributed by atoms with Gasteiger partial charge in [0.15, 0.2) is 0 Å². The van der Waals surface area contributed by atoms with E-state index in [1.165, 1.54) is 0 Å². The topological polar surface area (TPSA) is 9.23 Å². The number of hydrogen-bond donors (Lipinski definition) is 0. The Labute approximate surface area is 114 Å². The molecule has 0 aliphatic carbocycles. The van der Waals surface area contributed by atoms with Crippen molar-refractivity contribution in [1.29, 1.82) is 0 Å². The van der Waals surface area contributed by atoms with Crippen molar-refractivity contribution in [1.82, 2.24) is 0 Å². The molecule has 20 heavy (non-hydrogen) atoms. The summed E-state index contributed by atoms with van der Waals surface area (Å²) in [6.07, 6.45) is 0. The summed E-state index contributed by atoms with van der Waals surface area (Å²) in [4.78, 5) is 0. The molecule has 0 N–H and O–H groups in total. The standard InChI is InChI=1S/C12H11OP.6FH/c14-12-8-6-11(7-9-12)13-10-4-2-1-3-5-10;;;;;;/h1-9H,14H2;6*1H. The lowest BCUT2D eigenvalue weighted by atomic mass is 10.3. The average Bonchev–Trinajstić information content (AvgIpc) is 2.23. The van der Waals surface area contributed by atoms with Crippen LogP contribution in [0.2, 0.25) is 0 Å². The van der Waals surface area contributed by atoms with Gasteiger partial charge in [0.1, 0.15) is 11.5 Å². The molecule has 2 rings (SSSR count). The van der Waals surface area contributed by atoms with Gasteiger partial charge in [0, 0.05) is 0 Å². The Kier molecular flexibility index (Phi) is 23.7. The minimum absolute atomic E-state index is 0. The third kappa shape index (κ3) is 9.22. The number of benzene rings is 2. The molecule has 2 aromatic carbocycles. The van der Waals surface area contributed by atoms with Gasteiger partial charge in [-0.2, -0.15) is 0 Å². The number of halogens is 6. The van der Waals surface area contributed by atoms with E-state index in [2.05, 4.69) is 9.24 Å². The molecule has 0 saturated carbocycles. The first-order valence-corrected chi connectivity index (χ1v) is 5.01. The van der Waals surface area contributed by atoms with E-state index in [1.807, 2.05) is 54.6 Å². The van der Waals surface area contributed by atoms with E-state index >= 15 is 0 Å². The number of hydrogen-bond acceptors (Lipinski definition) is 1. The molecule has 0 bridgehead atoms. The normalized spacial score (nSPS) is 6.85. The lowest BCUT2D eigenvalue weighted by molar-refractivity contribution is 0.483. The van der Waals surface area contributed by atoms with Crippen LogP contribution >= 0.6 is 9.24 Å². The predicted molar refractivity (Wildman–Crippen MR) is 77.3 cm³/mol. The monoisotopic (exact) mass is 322 g/mol. The fourth-order valence-electron chi connectivity index (χ4n) is 1.16. The largest absolute Gasteiger partial charge is 0.457 e. The van der Waals surface area contributed by atoms with E-state index in [-0.39, 0.29) is 28.2 Å². The van der Waals surface area contributed by atoms with Gasteiger partial charge in [-0.25, -0.2) is 0 Å². The third-order valence-corrected chi connectivity index (χ3v) is 2.24. The summed E-state index contributed by atoms with van der Waals surface area (Å²) in [6.45, 7) is 0. The Hall–Kier alpha value is -1.75. The van der Waals surface area contributed by atoms with Gasteiger partial charge in [0.25, 0.3) is 0 Å². The Bertz CT molecular complexity index is 412. The summed E-state index contributed by atoms with van der Waals surface area (Å²) in [6, 6.07) is 17.7. The van der Waals surface area contributed by atoms with Gasteiger partial charge in [0.05, 0.1) is 0 Å². The number of ether oxygens (including phenoxy) is 1. The molecule has 0 radical (unpaired) electrons. The van der Waals surface area contributed by atoms with Gasteiger partial charge in [-0.15, -0.1) is 9.24 Å². The van der Waals surface area contributed by atoms with Crippen LogP contribution in [0.1, 0.15) is 0 Å². The molecule has 0 aliphatic heterocycles. The van der Waals surface area contributed by atoms with Crippen molar-refractivity contribution >= 4 is 14.5 Å². The Morgan fingerprint density at radius 1 is 0.550 bits per heavy atom. The molecule has 1 nitrogen and oxygen atoms in total. The van der Waals surface area contributed by atoms with Crippen molar-refractivity contribution in [2.24, 2.45) is 0 Å². The number of rotatable bonds is 2. The summed E-state index contributed by atoms with van der Waals surface area (Å²) < 4.78 is 5.62. The summed E-state index contributed by atoms with van der Waals surface area (Å²) in [7, 11) is 2.65. The first-order chi connectivity index (χ1) is 6.84. The van der Waals surface area contributed by atoms with Crippen molar-refractivity contribution in [3.8, 4) is 11.5 Å². The van der Waals surface area contributed by atoms with Crippen LogP contribution in [0, 0.1) is 0 Å². The molecule has 2 aromatic rings. The summed E-state index contributed by atoms with van der Waals surface area (Å²) in [5.74, 6) is 1.73. The zero-order valence-electron chi connectivity index (χ0n) is 10.1. The van der Waals surface area contributed by atoms with Gasteiger partial charge >= 0.3 is 0 Å². The van der Waals surface area contributed by atoms with Gasteiger partial charge in [-0.1, -0.05) is 30.3 Å². The molecule has 0 heterocycles. The van der Waals surface area contributed by atoms with Gasteiger partial charge in [-0.05, 0) is 29.6 Å². The third-order valence-electron chi connectivity index (χ3n) is 1.86. The fourth-order valence-corrected chi connectivity index (χ4v) is 1.35. The molecule has 0 aromatic heterocycles. The zero-order chi connectivity index (χ0) is 9.80. The first kappa shape index (κ1) is 30.9. The molecule has 0 amide bonds. The molecular formula is C12H17F6OP. The minimum Gasteiger partial charge on any atom is -0.457 e. The van der Waals surface area contributed by atoms with Crippen molar-refractivity contribution < 1.29 is 33.0 Å². The highest BCUT2D eigenvalue weighted by Crippen LogP contribution is 2.19. The molecule has 118 valence electrons. The van der Waals surface area contributed by atoms with E-state index in [4.69, 9.17) is 4.74 Å². The van der Waals surface area contributed by atoms with Gasteiger partial charge in [-0.3, -0.25) is 28.2 Å². The Morgan fingerprint density at radius 2 is 0.950 bits per heavy atom. The van der Waals surface area contributed by atoms with Crippen LogP contribution in [0.15, 0.2) is 54.6 Å². The highest BCUT2D eigenvalue weighted by atomic mass is 31.0. The molecular weight excluding hydrogens is 305 g/mol. The van der Waals surface area contributed by atoms with Crippen LogP contribution in [0.4, 0.5) is 28.2 Å². The predicted octanol–water partition coefficient (Wildman–Crippen LogP) is 3.89. The molecule has 8 heteroatoms. The van der Waals surface area contributed by atoms with E-state index in [1.54, 1.807) is 0 Å². The second-order valence-electron chi connectivity index (χ2n) is 2.98. The SMILES string of the molecule is F.F.F.F.F.F.Pc1ccc(Oc2ccccc2)cc1. The molecule has 0 saturated heterocycles. The van der Waals surface area contributed by atoms with Crippen LogP contribution in [0.25, 0.3) is 0 Å². The highest BCUT2D eigenvalue weighted by Gasteiger charge is 1.94. The molecule has 1 unspecified atom stereocenters. The minimum atomic E-state index is 0. The lowest BCUT2D eigenvalue weighted by Crippen LogP contribution is -1.89. The Balaban J connectivity index is -0.000000125. The van der Waals surface area contributed by atoms with Crippen molar-refractivity contribution in [3.63, 3.8) is 0 Å². The second-order valence-corrected chi connectivity index (χ2v) is 3.65. The van der Waals surface area contributed by atoms with Crippen molar-refractivity contribution in [2.75, 3.05) is 0 Å². The maximum absolute atomic E-state index is 5.62. The van der Waals surface area contributed by atoms with Gasteiger partial charge in [0.2, 0.25) is 0 Å². The number of para-hydroxylation sites is 1. The van der Waals surface area contributed by atoms with Crippen LogP contribution in [0.3, 0.4) is 0 Å². The van der Waals surface area contributed by atoms with Crippen LogP contribution in [0.5, 0.6) is 11.5 Å². The quantitative estimate of drug-likeness (QED) is 0.602. The first-order valence-electron chi connectivity index (χ1n) is 4.43. The lowest BCUT2D eigenvalue weighted by Gasteiger charge is -2.04. The molecule has 0 aliphatic rings. The Morgan fingerprint density at radius 3 is 1.40 bits per heavy atom. The van der Waals surface area contributed by atoms with Crippen LogP contribution < -0.4 is 10.0 Å². The van der Waals surface area contributed by atoms with Crippen LogP contribution in [-0.4, -0.2) is 0 Å². The summed E-state index contributed by atoms with van der Waals surface area (Å²) >= 11 is 0. The zero-order valence-corrected chi connectivity index (χ0v) is 11.3. The molecule has 1 atom stereocenters. The van der Waals surface area contributed by atoms with Crippen molar-refractivity contribution in [3.05, 3.63) is 54.6 Å². The van der Waals surface area contributed by atoms with E-state index in [9.17, 15) is 0 Å². The van der Waals surface area contributed by atoms with Crippen molar-refractivity contribution in [2.45, 2.75) is 0 Å². The maximum Gasteiger partial charge on any atom is 0.127 e. The summed E-state index contributed by atoms with van der Waals surface area (Å²) in [5, 5.41) is 1.16. The smallest absolute Gasteiger partial charge is 0.127 e. The van der Waals surface area contributed by atoms with Crippen LogP contribution in [-0.2, 0) is 0 Å². The molecule has 0 spiro atoms. The van der Waals surface area contributed by atoms with E-state index in [0.717, 1.165) is 16.8 Å². The average molecular weight is 322 g/mol. The summed E-state index contributed by atoms with van der Waals surface area (Å²) in [5.41, 5.74) is 0. The fraction of sp³-hybridized carbons (Fsp3) is 0. The highest BCUT2D eigenvalue weighted by molar-refractivity contribution is 7.27. The maximum atomic E-state index is 5.62.